The highest BCUT2D eigenvalue weighted by Crippen LogP contribution is 2.33. The van der Waals surface area contributed by atoms with Crippen molar-refractivity contribution < 1.29 is 9.90 Å². The van der Waals surface area contributed by atoms with Crippen LogP contribution < -0.4 is 10.5 Å². The maximum absolute atomic E-state index is 11.7. The average molecular weight is 294 g/mol. The van der Waals surface area contributed by atoms with Crippen molar-refractivity contribution >= 4 is 27.4 Å². The van der Waals surface area contributed by atoms with Gasteiger partial charge in [-0.3, -0.25) is 9.59 Å². The first-order valence-electron chi connectivity index (χ1n) is 6.33. The molecule has 0 bridgehead atoms. The number of carboxylic acids is 1. The largest absolute Gasteiger partial charge is 0.481 e. The molecule has 1 aliphatic rings. The van der Waals surface area contributed by atoms with Crippen molar-refractivity contribution in [3.8, 4) is 0 Å². The number of carboxylic acid groups (broad SMARTS) is 1. The van der Waals surface area contributed by atoms with Gasteiger partial charge < -0.3 is 10.0 Å². The van der Waals surface area contributed by atoms with Gasteiger partial charge in [-0.25, -0.2) is 4.98 Å². The molecule has 0 amide bonds. The molecule has 1 aliphatic heterocycles. The molecule has 0 radical (unpaired) electrons. The van der Waals surface area contributed by atoms with Gasteiger partial charge in [-0.15, -0.1) is 5.10 Å². The summed E-state index contributed by atoms with van der Waals surface area (Å²) in [5, 5.41) is 14.2. The Morgan fingerprint density at radius 3 is 3.05 bits per heavy atom. The van der Waals surface area contributed by atoms with Crippen LogP contribution in [0.25, 0.3) is 4.96 Å². The highest BCUT2D eigenvalue weighted by molar-refractivity contribution is 7.20. The standard InChI is InChI=1S/C12H14N4O3S/c1-12(9(18)19)4-2-6-15(7-12)11-14-16-8(17)3-5-13-10(16)20-11/h3,5H,2,4,6-7H2,1H3,(H,18,19). The molecule has 3 rings (SSSR count). The first-order chi connectivity index (χ1) is 9.49. The van der Waals surface area contributed by atoms with Gasteiger partial charge in [0.05, 0.1) is 5.41 Å². The van der Waals surface area contributed by atoms with Crippen molar-refractivity contribution in [2.75, 3.05) is 18.0 Å². The van der Waals surface area contributed by atoms with Gasteiger partial charge in [-0.2, -0.15) is 4.52 Å². The topological polar surface area (TPSA) is 87.8 Å². The summed E-state index contributed by atoms with van der Waals surface area (Å²) in [4.78, 5) is 29.6. The van der Waals surface area contributed by atoms with Crippen LogP contribution in [0.15, 0.2) is 17.1 Å². The SMILES string of the molecule is CC1(C(=O)O)CCCN(c2nn3c(=O)ccnc3s2)C1. The van der Waals surface area contributed by atoms with Gasteiger partial charge in [0.15, 0.2) is 0 Å². The Morgan fingerprint density at radius 1 is 1.55 bits per heavy atom. The molecule has 3 heterocycles. The van der Waals surface area contributed by atoms with E-state index in [0.717, 1.165) is 13.0 Å². The Labute approximate surface area is 118 Å². The van der Waals surface area contributed by atoms with Crippen molar-refractivity contribution in [2.45, 2.75) is 19.8 Å². The number of hydrogen-bond donors (Lipinski definition) is 1. The second-order valence-electron chi connectivity index (χ2n) is 5.25. The minimum Gasteiger partial charge on any atom is -0.481 e. The average Bonchev–Trinajstić information content (AvgIpc) is 2.84. The predicted octanol–water partition coefficient (Wildman–Crippen LogP) is 0.842. The Bertz CT molecular complexity index is 725. The van der Waals surface area contributed by atoms with Gasteiger partial charge in [0, 0.05) is 25.4 Å². The van der Waals surface area contributed by atoms with Gasteiger partial charge in [0.2, 0.25) is 10.1 Å². The Kier molecular flexibility index (Phi) is 2.97. The fraction of sp³-hybridized carbons (Fsp3) is 0.500. The first kappa shape index (κ1) is 13.0. The van der Waals surface area contributed by atoms with E-state index in [1.54, 1.807) is 6.92 Å². The van der Waals surface area contributed by atoms with E-state index in [1.165, 1.54) is 28.1 Å². The molecule has 1 fully saturated rings. The van der Waals surface area contributed by atoms with Crippen LogP contribution in [0.4, 0.5) is 5.13 Å². The summed E-state index contributed by atoms with van der Waals surface area (Å²) in [6, 6.07) is 1.36. The number of nitrogens with zero attached hydrogens (tertiary/aromatic N) is 4. The molecule has 8 heteroatoms. The van der Waals surface area contributed by atoms with Crippen molar-refractivity contribution in [1.29, 1.82) is 0 Å². The minimum atomic E-state index is -0.793. The third-order valence-corrected chi connectivity index (χ3v) is 4.63. The quantitative estimate of drug-likeness (QED) is 0.883. The number of aliphatic carboxylic acids is 1. The van der Waals surface area contributed by atoms with E-state index in [4.69, 9.17) is 0 Å². The van der Waals surface area contributed by atoms with E-state index in [1.807, 2.05) is 4.90 Å². The predicted molar refractivity (Wildman–Crippen MR) is 74.3 cm³/mol. The second kappa shape index (κ2) is 4.55. The van der Waals surface area contributed by atoms with Crippen LogP contribution in [0.1, 0.15) is 19.8 Å². The number of carbonyl (C=O) groups is 1. The van der Waals surface area contributed by atoms with Crippen molar-refractivity contribution in [2.24, 2.45) is 5.41 Å². The molecule has 0 aliphatic carbocycles. The van der Waals surface area contributed by atoms with Crippen LogP contribution in [0.3, 0.4) is 0 Å². The third-order valence-electron chi connectivity index (χ3n) is 3.64. The zero-order chi connectivity index (χ0) is 14.3. The van der Waals surface area contributed by atoms with Crippen LogP contribution in [0, 0.1) is 5.41 Å². The molecule has 1 atom stereocenters. The van der Waals surface area contributed by atoms with Crippen LogP contribution in [-0.4, -0.2) is 38.8 Å². The van der Waals surface area contributed by atoms with Gasteiger partial charge in [-0.1, -0.05) is 11.3 Å². The molecule has 0 spiro atoms. The van der Waals surface area contributed by atoms with Crippen LogP contribution in [-0.2, 0) is 4.79 Å². The van der Waals surface area contributed by atoms with Gasteiger partial charge >= 0.3 is 5.97 Å². The number of fused-ring (bicyclic) bond motifs is 1. The summed E-state index contributed by atoms with van der Waals surface area (Å²) < 4.78 is 1.26. The fourth-order valence-corrected chi connectivity index (χ4v) is 3.34. The molecule has 2 aromatic rings. The molecule has 1 N–H and O–H groups in total. The van der Waals surface area contributed by atoms with Crippen LogP contribution in [0.5, 0.6) is 0 Å². The smallest absolute Gasteiger partial charge is 0.311 e. The van der Waals surface area contributed by atoms with Crippen LogP contribution >= 0.6 is 11.3 Å². The molecular formula is C12H14N4O3S. The molecular weight excluding hydrogens is 280 g/mol. The third kappa shape index (κ3) is 2.05. The maximum atomic E-state index is 11.7. The van der Waals surface area contributed by atoms with Crippen LogP contribution in [0.2, 0.25) is 0 Å². The fourth-order valence-electron chi connectivity index (χ4n) is 2.44. The Hall–Kier alpha value is -1.96. The number of anilines is 1. The normalized spacial score (nSPS) is 23.1. The lowest BCUT2D eigenvalue weighted by atomic mass is 9.82. The molecule has 106 valence electrons. The van der Waals surface area contributed by atoms with Crippen molar-refractivity contribution in [3.63, 3.8) is 0 Å². The molecule has 7 nitrogen and oxygen atoms in total. The zero-order valence-corrected chi connectivity index (χ0v) is 11.8. The highest BCUT2D eigenvalue weighted by Gasteiger charge is 2.38. The van der Waals surface area contributed by atoms with E-state index < -0.39 is 11.4 Å². The molecule has 1 unspecified atom stereocenters. The summed E-state index contributed by atoms with van der Waals surface area (Å²) in [6.45, 7) is 2.90. The monoisotopic (exact) mass is 294 g/mol. The van der Waals surface area contributed by atoms with Crippen molar-refractivity contribution in [3.05, 3.63) is 22.6 Å². The van der Waals surface area contributed by atoms with Gasteiger partial charge in [0.1, 0.15) is 0 Å². The summed E-state index contributed by atoms with van der Waals surface area (Å²) in [6.07, 6.45) is 2.90. The lowest BCUT2D eigenvalue weighted by molar-refractivity contribution is -0.148. The Morgan fingerprint density at radius 2 is 2.35 bits per heavy atom. The summed E-state index contributed by atoms with van der Waals surface area (Å²) in [7, 11) is 0. The summed E-state index contributed by atoms with van der Waals surface area (Å²) >= 11 is 1.30. The number of piperidine rings is 1. The maximum Gasteiger partial charge on any atom is 0.311 e. The van der Waals surface area contributed by atoms with E-state index >= 15 is 0 Å². The van der Waals surface area contributed by atoms with Gasteiger partial charge in [-0.05, 0) is 19.8 Å². The van der Waals surface area contributed by atoms with E-state index in [0.29, 0.717) is 23.1 Å². The van der Waals surface area contributed by atoms with Crippen molar-refractivity contribution in [1.82, 2.24) is 14.6 Å². The minimum absolute atomic E-state index is 0.226. The van der Waals surface area contributed by atoms with E-state index in [2.05, 4.69) is 10.1 Å². The Balaban J connectivity index is 1.97. The number of aromatic nitrogens is 3. The lowest BCUT2D eigenvalue weighted by Gasteiger charge is -2.37. The molecule has 1 saturated heterocycles. The molecule has 2 aromatic heterocycles. The number of rotatable bonds is 2. The number of hydrogen-bond acceptors (Lipinski definition) is 6. The second-order valence-corrected chi connectivity index (χ2v) is 6.19. The molecule has 0 saturated carbocycles. The first-order valence-corrected chi connectivity index (χ1v) is 7.14. The zero-order valence-electron chi connectivity index (χ0n) is 10.9. The lowest BCUT2D eigenvalue weighted by Crippen LogP contribution is -2.46. The molecule has 0 aromatic carbocycles. The molecule has 20 heavy (non-hydrogen) atoms. The van der Waals surface area contributed by atoms with E-state index in [9.17, 15) is 14.7 Å². The summed E-state index contributed by atoms with van der Waals surface area (Å²) in [5.74, 6) is -0.793. The highest BCUT2D eigenvalue weighted by atomic mass is 32.1. The van der Waals surface area contributed by atoms with E-state index in [-0.39, 0.29) is 5.56 Å². The summed E-state index contributed by atoms with van der Waals surface area (Å²) in [5.41, 5.74) is -0.996. The van der Waals surface area contributed by atoms with Gasteiger partial charge in [0.25, 0.3) is 5.56 Å².